The fourth-order valence-corrected chi connectivity index (χ4v) is 5.96. The molecule has 33 heavy (non-hydrogen) atoms. The van der Waals surface area contributed by atoms with E-state index in [0.717, 1.165) is 40.8 Å². The number of aromatic nitrogens is 2. The summed E-state index contributed by atoms with van der Waals surface area (Å²) in [4.78, 5) is 31.0. The van der Waals surface area contributed by atoms with Crippen LogP contribution in [0.25, 0.3) is 20.3 Å². The van der Waals surface area contributed by atoms with Crippen molar-refractivity contribution in [3.8, 4) is 0 Å². The van der Waals surface area contributed by atoms with E-state index >= 15 is 0 Å². The van der Waals surface area contributed by atoms with E-state index in [1.165, 1.54) is 28.7 Å². The Bertz CT molecular complexity index is 1400. The fraction of sp³-hybridized carbons (Fsp3) is 0.320. The molecule has 170 valence electrons. The number of aryl methyl sites for hydroxylation is 2. The highest BCUT2D eigenvalue weighted by Gasteiger charge is 2.22. The maximum absolute atomic E-state index is 13.5. The second-order valence-electron chi connectivity index (χ2n) is 8.36. The molecule has 0 bridgehead atoms. The molecule has 0 radical (unpaired) electrons. The fourth-order valence-electron chi connectivity index (χ4n) is 4.06. The molecule has 1 fully saturated rings. The first-order valence-corrected chi connectivity index (χ1v) is 12.8. The molecule has 3 heterocycles. The first-order chi connectivity index (χ1) is 16.0. The van der Waals surface area contributed by atoms with Crippen LogP contribution >= 0.6 is 23.1 Å². The van der Waals surface area contributed by atoms with Gasteiger partial charge in [-0.3, -0.25) is 14.2 Å². The molecule has 1 aliphatic heterocycles. The van der Waals surface area contributed by atoms with Gasteiger partial charge in [-0.2, -0.15) is 0 Å². The Hall–Kier alpha value is -2.68. The average molecular weight is 480 g/mol. The van der Waals surface area contributed by atoms with Gasteiger partial charge < -0.3 is 10.1 Å². The number of amides is 1. The van der Waals surface area contributed by atoms with Crippen LogP contribution in [0, 0.1) is 13.8 Å². The summed E-state index contributed by atoms with van der Waals surface area (Å²) in [6.07, 6.45) is 1.92. The highest BCUT2D eigenvalue weighted by atomic mass is 32.2. The van der Waals surface area contributed by atoms with Crippen LogP contribution in [0.5, 0.6) is 0 Å². The Labute approximate surface area is 200 Å². The molecular formula is C25H25N3O3S2. The predicted octanol–water partition coefficient (Wildman–Crippen LogP) is 5.14. The van der Waals surface area contributed by atoms with Crippen LogP contribution in [0.2, 0.25) is 0 Å². The monoisotopic (exact) mass is 479 g/mol. The Morgan fingerprint density at radius 3 is 2.88 bits per heavy atom. The Morgan fingerprint density at radius 1 is 1.24 bits per heavy atom. The van der Waals surface area contributed by atoms with Crippen molar-refractivity contribution in [1.82, 2.24) is 9.55 Å². The summed E-state index contributed by atoms with van der Waals surface area (Å²) in [7, 11) is 0. The molecule has 0 aliphatic carbocycles. The molecule has 1 atom stereocenters. The van der Waals surface area contributed by atoms with E-state index in [9.17, 15) is 9.59 Å². The number of hydrogen-bond donors (Lipinski definition) is 1. The van der Waals surface area contributed by atoms with Crippen molar-refractivity contribution in [2.24, 2.45) is 0 Å². The highest BCUT2D eigenvalue weighted by molar-refractivity contribution is 7.99. The molecule has 2 aromatic heterocycles. The number of thioether (sulfide) groups is 1. The lowest BCUT2D eigenvalue weighted by Crippen LogP contribution is -2.28. The summed E-state index contributed by atoms with van der Waals surface area (Å²) >= 11 is 2.77. The number of carbonyl (C=O) groups is 1. The van der Waals surface area contributed by atoms with Gasteiger partial charge in [-0.15, -0.1) is 11.3 Å². The van der Waals surface area contributed by atoms with Crippen LogP contribution in [0.1, 0.15) is 24.0 Å². The highest BCUT2D eigenvalue weighted by Crippen LogP contribution is 2.32. The molecule has 4 aromatic rings. The molecule has 2 aromatic carbocycles. The topological polar surface area (TPSA) is 73.2 Å². The van der Waals surface area contributed by atoms with Crippen LogP contribution in [0.3, 0.4) is 0 Å². The standard InChI is InChI=1S/C25H25N3O3S2/c1-15-9-10-17(12-16(15)2)26-21(29)14-32-25-27-22-19-7-3-4-8-20(19)33-23(22)24(30)28(25)13-18-6-5-11-31-18/h3-4,7-10,12,18H,5-6,11,13-14H2,1-2H3,(H,26,29)/t18-/m0/s1. The summed E-state index contributed by atoms with van der Waals surface area (Å²) in [6.45, 7) is 5.24. The minimum Gasteiger partial charge on any atom is -0.376 e. The maximum atomic E-state index is 13.5. The molecule has 1 saturated heterocycles. The lowest BCUT2D eigenvalue weighted by Gasteiger charge is -2.15. The third-order valence-corrected chi connectivity index (χ3v) is 8.10. The summed E-state index contributed by atoms with van der Waals surface area (Å²) in [6, 6.07) is 13.8. The Kier molecular flexibility index (Phi) is 6.23. The summed E-state index contributed by atoms with van der Waals surface area (Å²) in [5.74, 6) is 0.0368. The van der Waals surface area contributed by atoms with Crippen LogP contribution < -0.4 is 10.9 Å². The largest absolute Gasteiger partial charge is 0.376 e. The van der Waals surface area contributed by atoms with E-state index in [2.05, 4.69) is 5.32 Å². The third kappa shape index (κ3) is 4.55. The van der Waals surface area contributed by atoms with Gasteiger partial charge in [0.1, 0.15) is 4.70 Å². The number of nitrogens with zero attached hydrogens (tertiary/aromatic N) is 2. The molecule has 1 aliphatic rings. The van der Waals surface area contributed by atoms with Gasteiger partial charge >= 0.3 is 0 Å². The zero-order valence-electron chi connectivity index (χ0n) is 18.6. The molecule has 0 unspecified atom stereocenters. The molecule has 1 amide bonds. The molecule has 0 saturated carbocycles. The number of carbonyl (C=O) groups excluding carboxylic acids is 1. The van der Waals surface area contributed by atoms with Gasteiger partial charge in [0, 0.05) is 22.4 Å². The lowest BCUT2D eigenvalue weighted by molar-refractivity contribution is -0.113. The van der Waals surface area contributed by atoms with Gasteiger partial charge in [0.15, 0.2) is 5.16 Å². The number of benzene rings is 2. The van der Waals surface area contributed by atoms with Gasteiger partial charge in [-0.1, -0.05) is 36.0 Å². The Balaban J connectivity index is 1.45. The summed E-state index contributed by atoms with van der Waals surface area (Å²) in [5, 5.41) is 4.48. The zero-order chi connectivity index (χ0) is 22.9. The van der Waals surface area contributed by atoms with Crippen molar-refractivity contribution in [2.45, 2.75) is 44.5 Å². The van der Waals surface area contributed by atoms with Crippen LogP contribution in [0.15, 0.2) is 52.4 Å². The van der Waals surface area contributed by atoms with Crippen molar-refractivity contribution < 1.29 is 9.53 Å². The SMILES string of the molecule is Cc1ccc(NC(=O)CSc2nc3c(sc4ccccc43)c(=O)n2C[C@@H]2CCCO2)cc1C. The van der Waals surface area contributed by atoms with E-state index in [-0.39, 0.29) is 23.3 Å². The van der Waals surface area contributed by atoms with Crippen molar-refractivity contribution in [1.29, 1.82) is 0 Å². The molecule has 5 rings (SSSR count). The van der Waals surface area contributed by atoms with E-state index in [4.69, 9.17) is 9.72 Å². The van der Waals surface area contributed by atoms with E-state index < -0.39 is 0 Å². The third-order valence-electron chi connectivity index (χ3n) is 5.98. The maximum Gasteiger partial charge on any atom is 0.272 e. The van der Waals surface area contributed by atoms with E-state index in [1.807, 2.05) is 56.3 Å². The number of hydrogen-bond acceptors (Lipinski definition) is 6. The number of fused-ring (bicyclic) bond motifs is 3. The van der Waals surface area contributed by atoms with Gasteiger partial charge in [0.2, 0.25) is 5.91 Å². The van der Waals surface area contributed by atoms with Gasteiger partial charge in [0.25, 0.3) is 5.56 Å². The van der Waals surface area contributed by atoms with Gasteiger partial charge in [-0.25, -0.2) is 4.98 Å². The van der Waals surface area contributed by atoms with Crippen molar-refractivity contribution in [3.05, 3.63) is 63.9 Å². The Morgan fingerprint density at radius 2 is 2.09 bits per heavy atom. The zero-order valence-corrected chi connectivity index (χ0v) is 20.2. The average Bonchev–Trinajstić information content (AvgIpc) is 3.45. The van der Waals surface area contributed by atoms with Crippen molar-refractivity contribution >= 4 is 55.0 Å². The number of thiophene rings is 1. The molecule has 0 spiro atoms. The number of ether oxygens (including phenoxy) is 1. The minimum absolute atomic E-state index is 0.0000356. The van der Waals surface area contributed by atoms with Gasteiger partial charge in [-0.05, 0) is 56.0 Å². The molecule has 1 N–H and O–H groups in total. The van der Waals surface area contributed by atoms with Crippen molar-refractivity contribution in [2.75, 3.05) is 17.7 Å². The first kappa shape index (κ1) is 22.1. The summed E-state index contributed by atoms with van der Waals surface area (Å²) in [5.41, 5.74) is 3.73. The number of nitrogens with one attached hydrogen (secondary N) is 1. The molecule has 8 heteroatoms. The van der Waals surface area contributed by atoms with Gasteiger partial charge in [0.05, 0.1) is 23.9 Å². The summed E-state index contributed by atoms with van der Waals surface area (Å²) < 4.78 is 9.18. The van der Waals surface area contributed by atoms with Crippen LogP contribution in [-0.2, 0) is 16.1 Å². The molecule has 6 nitrogen and oxygen atoms in total. The minimum atomic E-state index is -0.128. The number of anilines is 1. The lowest BCUT2D eigenvalue weighted by atomic mass is 10.1. The normalized spacial score (nSPS) is 16.0. The first-order valence-electron chi connectivity index (χ1n) is 11.0. The van der Waals surface area contributed by atoms with Crippen LogP contribution in [0.4, 0.5) is 5.69 Å². The smallest absolute Gasteiger partial charge is 0.272 e. The molecular weight excluding hydrogens is 454 g/mol. The second-order valence-corrected chi connectivity index (χ2v) is 10.4. The second kappa shape index (κ2) is 9.29. The predicted molar refractivity (Wildman–Crippen MR) is 136 cm³/mol. The van der Waals surface area contributed by atoms with Crippen molar-refractivity contribution in [3.63, 3.8) is 0 Å². The van der Waals surface area contributed by atoms with Crippen LogP contribution in [-0.4, -0.2) is 33.9 Å². The van der Waals surface area contributed by atoms with E-state index in [0.29, 0.717) is 21.9 Å². The quantitative estimate of drug-likeness (QED) is 0.306. The van der Waals surface area contributed by atoms with E-state index in [1.54, 1.807) is 4.57 Å². The number of rotatable bonds is 6.